The molecule has 0 aliphatic rings. The average Bonchev–Trinajstić information content (AvgIpc) is 2.37. The summed E-state index contributed by atoms with van der Waals surface area (Å²) in [4.78, 5) is 8.55. The first-order chi connectivity index (χ1) is 9.13. The molecule has 1 aromatic heterocycles. The predicted molar refractivity (Wildman–Crippen MR) is 75.3 cm³/mol. The normalized spacial score (nSPS) is 11.0. The van der Waals surface area contributed by atoms with Crippen LogP contribution in [0.1, 0.15) is 32.0 Å². The predicted octanol–water partition coefficient (Wildman–Crippen LogP) is 1.95. The Labute approximate surface area is 115 Å². The fourth-order valence-electron chi connectivity index (χ4n) is 1.55. The van der Waals surface area contributed by atoms with Crippen LogP contribution in [0.4, 0.5) is 0 Å². The van der Waals surface area contributed by atoms with Crippen LogP contribution in [-0.2, 0) is 11.3 Å². The van der Waals surface area contributed by atoms with Gasteiger partial charge in [-0.1, -0.05) is 13.8 Å². The molecule has 1 aromatic rings. The Balaban J connectivity index is 2.40. The molecule has 1 rings (SSSR count). The van der Waals surface area contributed by atoms with E-state index < -0.39 is 0 Å². The Morgan fingerprint density at radius 2 is 2.11 bits per heavy atom. The molecule has 0 radical (unpaired) electrons. The Hall–Kier alpha value is -1.20. The zero-order valence-corrected chi connectivity index (χ0v) is 12.4. The van der Waals surface area contributed by atoms with Gasteiger partial charge in [-0.15, -0.1) is 0 Å². The minimum atomic E-state index is 0.421. The Bertz CT molecular complexity index is 370. The number of rotatable bonds is 9. The summed E-state index contributed by atoms with van der Waals surface area (Å²) in [7, 11) is 0. The maximum Gasteiger partial charge on any atom is 0.316 e. The third-order valence-electron chi connectivity index (χ3n) is 2.59. The number of aromatic nitrogens is 2. The molecule has 108 valence electrons. The highest BCUT2D eigenvalue weighted by Crippen LogP contribution is 2.08. The SMILES string of the molecule is CCOCCOc1ncc(CNCC(C)C)c(C)n1. The molecule has 19 heavy (non-hydrogen) atoms. The molecule has 0 fully saturated rings. The molecule has 0 spiro atoms. The van der Waals surface area contributed by atoms with Gasteiger partial charge in [0.1, 0.15) is 6.61 Å². The highest BCUT2D eigenvalue weighted by Gasteiger charge is 2.04. The smallest absolute Gasteiger partial charge is 0.316 e. The first-order valence-corrected chi connectivity index (χ1v) is 6.87. The van der Waals surface area contributed by atoms with Crippen LogP contribution in [0.15, 0.2) is 6.20 Å². The summed E-state index contributed by atoms with van der Waals surface area (Å²) in [6, 6.07) is 0.421. The van der Waals surface area contributed by atoms with Crippen molar-refractivity contribution in [1.29, 1.82) is 0 Å². The second kappa shape index (κ2) is 8.82. The number of hydrogen-bond donors (Lipinski definition) is 1. The van der Waals surface area contributed by atoms with Crippen molar-refractivity contribution in [3.63, 3.8) is 0 Å². The van der Waals surface area contributed by atoms with Crippen molar-refractivity contribution in [3.05, 3.63) is 17.5 Å². The van der Waals surface area contributed by atoms with Gasteiger partial charge in [0.25, 0.3) is 0 Å². The number of ether oxygens (including phenoxy) is 2. The molecule has 0 bridgehead atoms. The second-order valence-electron chi connectivity index (χ2n) is 4.83. The number of nitrogens with zero attached hydrogens (tertiary/aromatic N) is 2. The molecule has 0 unspecified atom stereocenters. The lowest BCUT2D eigenvalue weighted by molar-refractivity contribution is 0.106. The van der Waals surface area contributed by atoms with Crippen molar-refractivity contribution in [2.45, 2.75) is 34.2 Å². The zero-order chi connectivity index (χ0) is 14.1. The molecular formula is C14H25N3O2. The lowest BCUT2D eigenvalue weighted by Gasteiger charge is -2.10. The van der Waals surface area contributed by atoms with Gasteiger partial charge in [0, 0.05) is 30.6 Å². The topological polar surface area (TPSA) is 56.3 Å². The van der Waals surface area contributed by atoms with Gasteiger partial charge < -0.3 is 14.8 Å². The highest BCUT2D eigenvalue weighted by molar-refractivity contribution is 5.17. The van der Waals surface area contributed by atoms with E-state index in [1.807, 2.05) is 20.0 Å². The van der Waals surface area contributed by atoms with Crippen molar-refractivity contribution < 1.29 is 9.47 Å². The van der Waals surface area contributed by atoms with E-state index in [-0.39, 0.29) is 0 Å². The molecule has 0 amide bonds. The summed E-state index contributed by atoms with van der Waals surface area (Å²) >= 11 is 0. The van der Waals surface area contributed by atoms with Crippen LogP contribution >= 0.6 is 0 Å². The first-order valence-electron chi connectivity index (χ1n) is 6.87. The van der Waals surface area contributed by atoms with Crippen molar-refractivity contribution >= 4 is 0 Å². The molecule has 0 saturated carbocycles. The summed E-state index contributed by atoms with van der Waals surface area (Å²) in [6.45, 7) is 11.8. The van der Waals surface area contributed by atoms with Crippen LogP contribution in [0.5, 0.6) is 6.01 Å². The van der Waals surface area contributed by atoms with Gasteiger partial charge in [-0.05, 0) is 26.3 Å². The van der Waals surface area contributed by atoms with E-state index in [4.69, 9.17) is 9.47 Å². The molecule has 1 heterocycles. The van der Waals surface area contributed by atoms with Crippen LogP contribution in [0.25, 0.3) is 0 Å². The molecule has 0 aromatic carbocycles. The van der Waals surface area contributed by atoms with E-state index in [0.29, 0.717) is 31.7 Å². The van der Waals surface area contributed by atoms with E-state index in [1.165, 1.54) is 0 Å². The monoisotopic (exact) mass is 267 g/mol. The summed E-state index contributed by atoms with van der Waals surface area (Å²) in [5, 5.41) is 3.38. The summed E-state index contributed by atoms with van der Waals surface area (Å²) in [5.41, 5.74) is 2.07. The van der Waals surface area contributed by atoms with E-state index in [1.54, 1.807) is 0 Å². The summed E-state index contributed by atoms with van der Waals surface area (Å²) in [6.07, 6.45) is 1.83. The highest BCUT2D eigenvalue weighted by atomic mass is 16.5. The molecule has 0 saturated heterocycles. The third kappa shape index (κ3) is 6.50. The standard InChI is InChI=1S/C14H25N3O2/c1-5-18-6-7-19-14-16-10-13(12(4)17-14)9-15-8-11(2)3/h10-11,15H,5-9H2,1-4H3. The van der Waals surface area contributed by atoms with Crippen LogP contribution in [-0.4, -0.2) is 36.3 Å². The van der Waals surface area contributed by atoms with E-state index in [9.17, 15) is 0 Å². The minimum absolute atomic E-state index is 0.421. The quantitative estimate of drug-likeness (QED) is 0.693. The lowest BCUT2D eigenvalue weighted by Crippen LogP contribution is -2.20. The molecule has 0 aliphatic heterocycles. The number of hydrogen-bond acceptors (Lipinski definition) is 5. The fraction of sp³-hybridized carbons (Fsp3) is 0.714. The zero-order valence-electron chi connectivity index (χ0n) is 12.4. The lowest BCUT2D eigenvalue weighted by atomic mass is 10.2. The van der Waals surface area contributed by atoms with E-state index in [0.717, 1.165) is 24.3 Å². The van der Waals surface area contributed by atoms with Gasteiger partial charge in [-0.25, -0.2) is 9.97 Å². The van der Waals surface area contributed by atoms with Crippen LogP contribution in [0.3, 0.4) is 0 Å². The van der Waals surface area contributed by atoms with Gasteiger partial charge in [0.15, 0.2) is 0 Å². The second-order valence-corrected chi connectivity index (χ2v) is 4.83. The Kier molecular flexibility index (Phi) is 7.36. The van der Waals surface area contributed by atoms with Gasteiger partial charge in [-0.3, -0.25) is 0 Å². The van der Waals surface area contributed by atoms with Gasteiger partial charge in [0.2, 0.25) is 0 Å². The van der Waals surface area contributed by atoms with Crippen molar-refractivity contribution in [2.75, 3.05) is 26.4 Å². The number of nitrogens with one attached hydrogen (secondary N) is 1. The van der Waals surface area contributed by atoms with Gasteiger partial charge >= 0.3 is 6.01 Å². The molecule has 5 nitrogen and oxygen atoms in total. The van der Waals surface area contributed by atoms with E-state index >= 15 is 0 Å². The van der Waals surface area contributed by atoms with E-state index in [2.05, 4.69) is 29.1 Å². The van der Waals surface area contributed by atoms with Crippen molar-refractivity contribution in [2.24, 2.45) is 5.92 Å². The molecule has 0 atom stereocenters. The minimum Gasteiger partial charge on any atom is -0.461 e. The largest absolute Gasteiger partial charge is 0.461 e. The van der Waals surface area contributed by atoms with Crippen LogP contribution < -0.4 is 10.1 Å². The summed E-state index contributed by atoms with van der Waals surface area (Å²) < 4.78 is 10.6. The maximum absolute atomic E-state index is 5.42. The van der Waals surface area contributed by atoms with Gasteiger partial charge in [0.05, 0.1) is 6.61 Å². The Morgan fingerprint density at radius 3 is 2.74 bits per heavy atom. The average molecular weight is 267 g/mol. The Morgan fingerprint density at radius 1 is 1.32 bits per heavy atom. The van der Waals surface area contributed by atoms with Crippen molar-refractivity contribution in [3.8, 4) is 6.01 Å². The number of aryl methyl sites for hydroxylation is 1. The van der Waals surface area contributed by atoms with Crippen molar-refractivity contribution in [1.82, 2.24) is 15.3 Å². The maximum atomic E-state index is 5.42. The van der Waals surface area contributed by atoms with Crippen LogP contribution in [0, 0.1) is 12.8 Å². The van der Waals surface area contributed by atoms with Crippen LogP contribution in [0.2, 0.25) is 0 Å². The van der Waals surface area contributed by atoms with Gasteiger partial charge in [-0.2, -0.15) is 0 Å². The fourth-order valence-corrected chi connectivity index (χ4v) is 1.55. The first kappa shape index (κ1) is 15.9. The molecule has 0 aliphatic carbocycles. The molecule has 5 heteroatoms. The third-order valence-corrected chi connectivity index (χ3v) is 2.59. The molecule has 1 N–H and O–H groups in total. The summed E-state index contributed by atoms with van der Waals surface area (Å²) in [5.74, 6) is 0.641. The molecular weight excluding hydrogens is 242 g/mol.